The summed E-state index contributed by atoms with van der Waals surface area (Å²) < 4.78 is 0. The van der Waals surface area contributed by atoms with Gasteiger partial charge in [-0.05, 0) is 53.7 Å². The zero-order valence-corrected chi connectivity index (χ0v) is 14.1. The first-order chi connectivity index (χ1) is 10.5. The SMILES string of the molecule is CC[C@@H](C)c1ccc(O)c(NC(=S)NC(=O)c2cccs2)c1. The van der Waals surface area contributed by atoms with Gasteiger partial charge in [0.2, 0.25) is 0 Å². The molecule has 1 aromatic carbocycles. The van der Waals surface area contributed by atoms with Crippen LogP contribution in [-0.4, -0.2) is 16.1 Å². The maximum atomic E-state index is 11.9. The summed E-state index contributed by atoms with van der Waals surface area (Å²) in [6.45, 7) is 4.23. The van der Waals surface area contributed by atoms with E-state index in [4.69, 9.17) is 12.2 Å². The Morgan fingerprint density at radius 1 is 1.41 bits per heavy atom. The van der Waals surface area contributed by atoms with Crippen LogP contribution in [0.3, 0.4) is 0 Å². The summed E-state index contributed by atoms with van der Waals surface area (Å²) in [5.41, 5.74) is 1.60. The molecule has 2 aromatic rings. The summed E-state index contributed by atoms with van der Waals surface area (Å²) in [6, 6.07) is 8.91. The third-order valence-corrected chi connectivity index (χ3v) is 4.50. The van der Waals surface area contributed by atoms with Gasteiger partial charge < -0.3 is 10.4 Å². The normalized spacial score (nSPS) is 11.7. The molecule has 0 saturated heterocycles. The molecule has 0 aliphatic rings. The predicted octanol–water partition coefficient (Wildman–Crippen LogP) is 4.09. The van der Waals surface area contributed by atoms with Gasteiger partial charge in [-0.2, -0.15) is 0 Å². The Bertz CT molecular complexity index is 669. The standard InChI is InChI=1S/C16H18N2O2S2/c1-3-10(2)11-6-7-13(19)12(9-11)17-16(21)18-15(20)14-5-4-8-22-14/h4-10,19H,3H2,1-2H3,(H2,17,18,20,21)/t10-/m1/s1. The van der Waals surface area contributed by atoms with Gasteiger partial charge in [0.25, 0.3) is 5.91 Å². The molecule has 0 saturated carbocycles. The number of phenols is 1. The van der Waals surface area contributed by atoms with Crippen LogP contribution < -0.4 is 10.6 Å². The highest BCUT2D eigenvalue weighted by molar-refractivity contribution is 7.80. The monoisotopic (exact) mass is 334 g/mol. The Labute approximate surface area is 139 Å². The molecule has 0 unspecified atom stereocenters. The number of benzene rings is 1. The van der Waals surface area contributed by atoms with Crippen LogP contribution in [0.5, 0.6) is 5.75 Å². The number of carbonyl (C=O) groups is 1. The van der Waals surface area contributed by atoms with E-state index in [1.165, 1.54) is 11.3 Å². The quantitative estimate of drug-likeness (QED) is 0.582. The van der Waals surface area contributed by atoms with Crippen molar-refractivity contribution in [2.24, 2.45) is 0 Å². The number of aromatic hydroxyl groups is 1. The fourth-order valence-corrected chi connectivity index (χ4v) is 2.74. The average Bonchev–Trinajstić information content (AvgIpc) is 3.03. The van der Waals surface area contributed by atoms with E-state index in [9.17, 15) is 9.90 Å². The van der Waals surface area contributed by atoms with E-state index in [1.54, 1.807) is 18.2 Å². The summed E-state index contributed by atoms with van der Waals surface area (Å²) in [4.78, 5) is 12.5. The fraction of sp³-hybridized carbons (Fsp3) is 0.250. The van der Waals surface area contributed by atoms with Crippen molar-refractivity contribution in [3.05, 3.63) is 46.2 Å². The van der Waals surface area contributed by atoms with Crippen LogP contribution >= 0.6 is 23.6 Å². The summed E-state index contributed by atoms with van der Waals surface area (Å²) >= 11 is 6.48. The lowest BCUT2D eigenvalue weighted by atomic mass is 9.98. The summed E-state index contributed by atoms with van der Waals surface area (Å²) in [6.07, 6.45) is 1.00. The minimum atomic E-state index is -0.259. The average molecular weight is 334 g/mol. The Morgan fingerprint density at radius 3 is 2.82 bits per heavy atom. The number of phenolic OH excluding ortho intramolecular Hbond substituents is 1. The molecule has 0 bridgehead atoms. The lowest BCUT2D eigenvalue weighted by molar-refractivity contribution is 0.0981. The van der Waals surface area contributed by atoms with Gasteiger partial charge in [-0.3, -0.25) is 10.1 Å². The topological polar surface area (TPSA) is 61.4 Å². The van der Waals surface area contributed by atoms with Crippen LogP contribution in [0.1, 0.15) is 41.4 Å². The van der Waals surface area contributed by atoms with Crippen LogP contribution in [0.15, 0.2) is 35.7 Å². The number of hydrogen-bond acceptors (Lipinski definition) is 4. The zero-order chi connectivity index (χ0) is 16.1. The molecule has 1 atom stereocenters. The molecule has 2 rings (SSSR count). The number of anilines is 1. The number of rotatable bonds is 4. The van der Waals surface area contributed by atoms with Crippen molar-refractivity contribution in [3.63, 3.8) is 0 Å². The second kappa shape index (κ2) is 7.38. The van der Waals surface area contributed by atoms with Gasteiger partial charge in [0.05, 0.1) is 10.6 Å². The lowest BCUT2D eigenvalue weighted by Crippen LogP contribution is -2.33. The first-order valence-electron chi connectivity index (χ1n) is 7.00. The van der Waals surface area contributed by atoms with E-state index < -0.39 is 0 Å². The molecule has 1 amide bonds. The summed E-state index contributed by atoms with van der Waals surface area (Å²) in [7, 11) is 0. The highest BCUT2D eigenvalue weighted by atomic mass is 32.1. The minimum Gasteiger partial charge on any atom is -0.506 e. The van der Waals surface area contributed by atoms with E-state index in [0.717, 1.165) is 12.0 Å². The summed E-state index contributed by atoms with van der Waals surface area (Å²) in [5.74, 6) is 0.222. The van der Waals surface area contributed by atoms with Crippen molar-refractivity contribution in [2.75, 3.05) is 5.32 Å². The molecular formula is C16H18N2O2S2. The molecule has 0 fully saturated rings. The Kier molecular flexibility index (Phi) is 5.51. The van der Waals surface area contributed by atoms with Gasteiger partial charge in [0, 0.05) is 0 Å². The van der Waals surface area contributed by atoms with Gasteiger partial charge in [-0.25, -0.2) is 0 Å². The highest BCUT2D eigenvalue weighted by Gasteiger charge is 2.12. The van der Waals surface area contributed by atoms with Gasteiger partial charge in [-0.15, -0.1) is 11.3 Å². The van der Waals surface area contributed by atoms with E-state index in [1.807, 2.05) is 17.5 Å². The van der Waals surface area contributed by atoms with E-state index >= 15 is 0 Å². The van der Waals surface area contributed by atoms with Crippen molar-refractivity contribution in [1.29, 1.82) is 0 Å². The second-order valence-electron chi connectivity index (χ2n) is 4.97. The van der Waals surface area contributed by atoms with Crippen LogP contribution in [0.4, 0.5) is 5.69 Å². The first-order valence-corrected chi connectivity index (χ1v) is 8.28. The van der Waals surface area contributed by atoms with Crippen molar-refractivity contribution in [2.45, 2.75) is 26.2 Å². The molecule has 6 heteroatoms. The molecular weight excluding hydrogens is 316 g/mol. The molecule has 22 heavy (non-hydrogen) atoms. The molecule has 0 aliphatic heterocycles. The highest BCUT2D eigenvalue weighted by Crippen LogP contribution is 2.29. The number of amides is 1. The predicted molar refractivity (Wildman–Crippen MR) is 94.8 cm³/mol. The number of nitrogens with one attached hydrogen (secondary N) is 2. The van der Waals surface area contributed by atoms with Crippen molar-refractivity contribution >= 4 is 40.3 Å². The number of thiophene rings is 1. The molecule has 0 radical (unpaired) electrons. The van der Waals surface area contributed by atoms with Crippen molar-refractivity contribution < 1.29 is 9.90 Å². The van der Waals surface area contributed by atoms with Crippen molar-refractivity contribution in [1.82, 2.24) is 5.32 Å². The molecule has 0 aliphatic carbocycles. The zero-order valence-electron chi connectivity index (χ0n) is 12.4. The third-order valence-electron chi connectivity index (χ3n) is 3.42. The molecule has 1 aromatic heterocycles. The van der Waals surface area contributed by atoms with Gasteiger partial charge in [0.15, 0.2) is 5.11 Å². The Balaban J connectivity index is 2.06. The first kappa shape index (κ1) is 16.5. The van der Waals surface area contributed by atoms with Crippen LogP contribution in [0.25, 0.3) is 0 Å². The van der Waals surface area contributed by atoms with Gasteiger partial charge >= 0.3 is 0 Å². The van der Waals surface area contributed by atoms with Gasteiger partial charge in [-0.1, -0.05) is 26.0 Å². The van der Waals surface area contributed by atoms with Crippen LogP contribution in [0, 0.1) is 0 Å². The lowest BCUT2D eigenvalue weighted by Gasteiger charge is -2.14. The fourth-order valence-electron chi connectivity index (χ4n) is 1.92. The second-order valence-corrected chi connectivity index (χ2v) is 6.33. The van der Waals surface area contributed by atoms with E-state index in [-0.39, 0.29) is 16.8 Å². The molecule has 0 spiro atoms. The smallest absolute Gasteiger partial charge is 0.267 e. The molecule has 116 valence electrons. The van der Waals surface area contributed by atoms with Crippen LogP contribution in [-0.2, 0) is 0 Å². The molecule has 3 N–H and O–H groups in total. The van der Waals surface area contributed by atoms with Gasteiger partial charge in [0.1, 0.15) is 5.75 Å². The minimum absolute atomic E-state index is 0.0970. The largest absolute Gasteiger partial charge is 0.506 e. The molecule has 1 heterocycles. The number of carbonyl (C=O) groups excluding carboxylic acids is 1. The maximum Gasteiger partial charge on any atom is 0.267 e. The Morgan fingerprint density at radius 2 is 2.18 bits per heavy atom. The van der Waals surface area contributed by atoms with E-state index in [0.29, 0.717) is 16.5 Å². The Hall–Kier alpha value is -1.92. The number of hydrogen-bond donors (Lipinski definition) is 3. The third kappa shape index (κ3) is 4.05. The maximum absolute atomic E-state index is 11.9. The van der Waals surface area contributed by atoms with Crippen molar-refractivity contribution in [3.8, 4) is 5.75 Å². The van der Waals surface area contributed by atoms with E-state index in [2.05, 4.69) is 24.5 Å². The number of thiocarbonyl (C=S) groups is 1. The summed E-state index contributed by atoms with van der Waals surface area (Å²) in [5, 5.41) is 17.4. The molecule has 4 nitrogen and oxygen atoms in total. The van der Waals surface area contributed by atoms with Crippen LogP contribution in [0.2, 0.25) is 0 Å².